The summed E-state index contributed by atoms with van der Waals surface area (Å²) in [5.74, 6) is 1.44. The van der Waals surface area contributed by atoms with Crippen LogP contribution in [0.15, 0.2) is 18.2 Å². The van der Waals surface area contributed by atoms with Crippen molar-refractivity contribution in [3.63, 3.8) is 0 Å². The molecule has 2 rings (SSSR count). The average Bonchev–Trinajstić information content (AvgIpc) is 2.31. The zero-order valence-corrected chi connectivity index (χ0v) is 10.8. The third-order valence-electron chi connectivity index (χ3n) is 3.35. The monoisotopic (exact) mass is 256 g/mol. The Labute approximate surface area is 107 Å². The minimum Gasteiger partial charge on any atom is -0.490 e. The summed E-state index contributed by atoms with van der Waals surface area (Å²) in [7, 11) is 0. The highest BCUT2D eigenvalue weighted by molar-refractivity contribution is 6.17. The highest BCUT2D eigenvalue weighted by atomic mass is 35.5. The molecule has 0 aromatic heterocycles. The van der Waals surface area contributed by atoms with Crippen LogP contribution in [0.2, 0.25) is 0 Å². The standard InChI is InChI=1S/C14H18ClFO/c1-10-2-4-13(5-3-10)17-14-7-11(9-15)6-12(16)8-14/h6-8,10,13H,2-5,9H2,1H3. The van der Waals surface area contributed by atoms with Crippen molar-refractivity contribution in [2.24, 2.45) is 5.92 Å². The maximum absolute atomic E-state index is 13.3. The molecule has 0 aliphatic heterocycles. The van der Waals surface area contributed by atoms with Gasteiger partial charge in [0.15, 0.2) is 0 Å². The van der Waals surface area contributed by atoms with Crippen molar-refractivity contribution in [1.82, 2.24) is 0 Å². The molecular weight excluding hydrogens is 239 g/mol. The highest BCUT2D eigenvalue weighted by Crippen LogP contribution is 2.28. The number of benzene rings is 1. The van der Waals surface area contributed by atoms with Crippen molar-refractivity contribution < 1.29 is 9.13 Å². The van der Waals surface area contributed by atoms with E-state index in [-0.39, 0.29) is 11.9 Å². The Bertz CT molecular complexity index is 372. The smallest absolute Gasteiger partial charge is 0.127 e. The van der Waals surface area contributed by atoms with Crippen LogP contribution < -0.4 is 4.74 Å². The van der Waals surface area contributed by atoms with E-state index in [0.717, 1.165) is 24.3 Å². The van der Waals surface area contributed by atoms with E-state index in [4.69, 9.17) is 16.3 Å². The lowest BCUT2D eigenvalue weighted by molar-refractivity contribution is 0.135. The van der Waals surface area contributed by atoms with Gasteiger partial charge >= 0.3 is 0 Å². The summed E-state index contributed by atoms with van der Waals surface area (Å²) in [6, 6.07) is 4.71. The van der Waals surface area contributed by atoms with Gasteiger partial charge in [0.2, 0.25) is 0 Å². The fraction of sp³-hybridized carbons (Fsp3) is 0.571. The molecule has 0 heterocycles. The molecule has 0 amide bonds. The quantitative estimate of drug-likeness (QED) is 0.723. The molecule has 0 spiro atoms. The molecule has 1 aromatic carbocycles. The first-order valence-corrected chi connectivity index (χ1v) is 6.73. The number of rotatable bonds is 3. The molecule has 1 aliphatic carbocycles. The summed E-state index contributed by atoms with van der Waals surface area (Å²) in [5.41, 5.74) is 0.769. The number of ether oxygens (including phenoxy) is 1. The Hall–Kier alpha value is -0.760. The van der Waals surface area contributed by atoms with Gasteiger partial charge in [0.05, 0.1) is 6.10 Å². The molecule has 0 N–H and O–H groups in total. The third kappa shape index (κ3) is 3.60. The Balaban J connectivity index is 2.00. The second-order valence-corrected chi connectivity index (χ2v) is 5.20. The molecule has 1 aliphatic rings. The summed E-state index contributed by atoms with van der Waals surface area (Å²) in [6.45, 7) is 2.27. The SMILES string of the molecule is CC1CCC(Oc2cc(F)cc(CCl)c2)CC1. The molecule has 1 aromatic rings. The predicted octanol–water partition coefficient (Wildman–Crippen LogP) is 4.52. The number of hydrogen-bond acceptors (Lipinski definition) is 1. The topological polar surface area (TPSA) is 9.23 Å². The fourth-order valence-corrected chi connectivity index (χ4v) is 2.46. The first-order chi connectivity index (χ1) is 8.17. The van der Waals surface area contributed by atoms with E-state index in [1.54, 1.807) is 0 Å². The maximum Gasteiger partial charge on any atom is 0.127 e. The molecular formula is C14H18ClFO. The van der Waals surface area contributed by atoms with E-state index in [1.165, 1.54) is 25.0 Å². The van der Waals surface area contributed by atoms with Gasteiger partial charge in [0, 0.05) is 11.9 Å². The normalized spacial score (nSPS) is 24.6. The second kappa shape index (κ2) is 5.72. The van der Waals surface area contributed by atoms with Crippen LogP contribution in [0.3, 0.4) is 0 Å². The zero-order valence-electron chi connectivity index (χ0n) is 10.1. The maximum atomic E-state index is 13.3. The van der Waals surface area contributed by atoms with Crippen LogP contribution in [-0.4, -0.2) is 6.10 Å². The van der Waals surface area contributed by atoms with Gasteiger partial charge in [-0.25, -0.2) is 4.39 Å². The van der Waals surface area contributed by atoms with Crippen LogP contribution in [0, 0.1) is 11.7 Å². The molecule has 1 nitrogen and oxygen atoms in total. The van der Waals surface area contributed by atoms with Crippen molar-refractivity contribution in [1.29, 1.82) is 0 Å². The van der Waals surface area contributed by atoms with Crippen LogP contribution in [0.25, 0.3) is 0 Å². The van der Waals surface area contributed by atoms with Crippen molar-refractivity contribution in [3.8, 4) is 5.75 Å². The minimum atomic E-state index is -0.276. The summed E-state index contributed by atoms with van der Waals surface area (Å²) in [6.07, 6.45) is 4.75. The zero-order chi connectivity index (χ0) is 12.3. The van der Waals surface area contributed by atoms with Crippen LogP contribution >= 0.6 is 11.6 Å². The molecule has 0 unspecified atom stereocenters. The molecule has 1 fully saturated rings. The molecule has 0 atom stereocenters. The lowest BCUT2D eigenvalue weighted by Gasteiger charge is -2.27. The lowest BCUT2D eigenvalue weighted by atomic mass is 9.89. The molecule has 0 saturated heterocycles. The fourth-order valence-electron chi connectivity index (χ4n) is 2.31. The van der Waals surface area contributed by atoms with Gasteiger partial charge in [-0.05, 0) is 49.3 Å². The van der Waals surface area contributed by atoms with Crippen molar-refractivity contribution in [2.75, 3.05) is 0 Å². The predicted molar refractivity (Wildman–Crippen MR) is 68.0 cm³/mol. The number of halogens is 2. The first kappa shape index (κ1) is 12.7. The Morgan fingerprint density at radius 3 is 2.59 bits per heavy atom. The third-order valence-corrected chi connectivity index (χ3v) is 3.66. The lowest BCUT2D eigenvalue weighted by Crippen LogP contribution is -2.23. The van der Waals surface area contributed by atoms with E-state index in [9.17, 15) is 4.39 Å². The van der Waals surface area contributed by atoms with Crippen molar-refractivity contribution in [3.05, 3.63) is 29.6 Å². The summed E-state index contributed by atoms with van der Waals surface area (Å²) < 4.78 is 19.1. The molecule has 17 heavy (non-hydrogen) atoms. The van der Waals surface area contributed by atoms with E-state index in [1.807, 2.05) is 6.07 Å². The number of alkyl halides is 1. The summed E-state index contributed by atoms with van der Waals surface area (Å²) in [5, 5.41) is 0. The summed E-state index contributed by atoms with van der Waals surface area (Å²) >= 11 is 5.71. The van der Waals surface area contributed by atoms with Crippen LogP contribution in [-0.2, 0) is 5.88 Å². The summed E-state index contributed by atoms with van der Waals surface area (Å²) in [4.78, 5) is 0. The van der Waals surface area contributed by atoms with Gasteiger partial charge in [-0.2, -0.15) is 0 Å². The van der Waals surface area contributed by atoms with Crippen LogP contribution in [0.1, 0.15) is 38.2 Å². The Morgan fingerprint density at radius 2 is 1.94 bits per heavy atom. The van der Waals surface area contributed by atoms with Crippen LogP contribution in [0.5, 0.6) is 5.75 Å². The second-order valence-electron chi connectivity index (χ2n) is 4.93. The molecule has 3 heteroatoms. The molecule has 1 saturated carbocycles. The first-order valence-electron chi connectivity index (χ1n) is 6.19. The Morgan fingerprint density at radius 1 is 1.24 bits per heavy atom. The average molecular weight is 257 g/mol. The highest BCUT2D eigenvalue weighted by Gasteiger charge is 2.19. The molecule has 0 radical (unpaired) electrons. The Kier molecular flexibility index (Phi) is 4.27. The van der Waals surface area contributed by atoms with E-state index < -0.39 is 0 Å². The van der Waals surface area contributed by atoms with Gasteiger partial charge in [0.1, 0.15) is 11.6 Å². The van der Waals surface area contributed by atoms with E-state index in [2.05, 4.69) is 6.92 Å². The van der Waals surface area contributed by atoms with E-state index >= 15 is 0 Å². The van der Waals surface area contributed by atoms with Gasteiger partial charge in [-0.15, -0.1) is 11.6 Å². The van der Waals surface area contributed by atoms with Gasteiger partial charge < -0.3 is 4.74 Å². The van der Waals surface area contributed by atoms with Gasteiger partial charge in [-0.3, -0.25) is 0 Å². The van der Waals surface area contributed by atoms with Crippen molar-refractivity contribution in [2.45, 2.75) is 44.6 Å². The molecule has 94 valence electrons. The largest absolute Gasteiger partial charge is 0.490 e. The van der Waals surface area contributed by atoms with Gasteiger partial charge in [0.25, 0.3) is 0 Å². The van der Waals surface area contributed by atoms with Gasteiger partial charge in [-0.1, -0.05) is 6.92 Å². The van der Waals surface area contributed by atoms with Crippen molar-refractivity contribution >= 4 is 11.6 Å². The minimum absolute atomic E-state index is 0.233. The van der Waals surface area contributed by atoms with Crippen LogP contribution in [0.4, 0.5) is 4.39 Å². The molecule has 0 bridgehead atoms. The number of hydrogen-bond donors (Lipinski definition) is 0. The van der Waals surface area contributed by atoms with E-state index in [0.29, 0.717) is 11.6 Å².